The van der Waals surface area contributed by atoms with Gasteiger partial charge in [-0.3, -0.25) is 14.9 Å². The fourth-order valence-corrected chi connectivity index (χ4v) is 1.83. The number of nitrogens with zero attached hydrogens (tertiary/aromatic N) is 5. The molecule has 0 unspecified atom stereocenters. The number of aromatic nitrogens is 4. The molecule has 0 aliphatic carbocycles. The zero-order valence-electron chi connectivity index (χ0n) is 12.7. The van der Waals surface area contributed by atoms with Gasteiger partial charge in [0.1, 0.15) is 0 Å². The summed E-state index contributed by atoms with van der Waals surface area (Å²) in [5.74, 6) is -3.51. The highest BCUT2D eigenvalue weighted by atomic mass is 35.5. The number of amides is 2. The molecule has 2 rings (SSSR count). The van der Waals surface area contributed by atoms with E-state index in [0.29, 0.717) is 0 Å². The SMILES string of the molecule is NC(=NC(=O)c1nc(Cl)c(N)nc1N)NC(=O)c1nc(Cl)c(N)nc1N. The van der Waals surface area contributed by atoms with E-state index in [4.69, 9.17) is 51.9 Å². The lowest BCUT2D eigenvalue weighted by atomic mass is 10.3. The summed E-state index contributed by atoms with van der Waals surface area (Å²) in [6.45, 7) is 0. The van der Waals surface area contributed by atoms with E-state index in [1.807, 2.05) is 0 Å². The van der Waals surface area contributed by atoms with Gasteiger partial charge in [-0.1, -0.05) is 23.2 Å². The monoisotopic (exact) mass is 399 g/mol. The molecule has 136 valence electrons. The number of rotatable bonds is 2. The van der Waals surface area contributed by atoms with Crippen LogP contribution >= 0.6 is 23.2 Å². The first-order valence-corrected chi connectivity index (χ1v) is 7.22. The van der Waals surface area contributed by atoms with Crippen molar-refractivity contribution in [1.82, 2.24) is 25.3 Å². The fraction of sp³-hybridized carbons (Fsp3) is 0. The molecule has 15 heteroatoms. The second-order valence-corrected chi connectivity index (χ2v) is 5.24. The molecule has 0 aromatic carbocycles. The molecule has 0 aliphatic rings. The van der Waals surface area contributed by atoms with Crippen molar-refractivity contribution in [2.24, 2.45) is 10.7 Å². The molecule has 0 radical (unpaired) electrons. The summed E-state index contributed by atoms with van der Waals surface area (Å²) in [6.07, 6.45) is 0. The van der Waals surface area contributed by atoms with Crippen molar-refractivity contribution in [2.75, 3.05) is 22.9 Å². The molecule has 13 nitrogen and oxygen atoms in total. The summed E-state index contributed by atoms with van der Waals surface area (Å²) in [5.41, 5.74) is 26.6. The van der Waals surface area contributed by atoms with E-state index >= 15 is 0 Å². The Morgan fingerprint density at radius 3 is 1.81 bits per heavy atom. The third-order valence-corrected chi connectivity index (χ3v) is 3.25. The van der Waals surface area contributed by atoms with Crippen molar-refractivity contribution < 1.29 is 9.59 Å². The highest BCUT2D eigenvalue weighted by molar-refractivity contribution is 6.32. The summed E-state index contributed by atoms with van der Waals surface area (Å²) < 4.78 is 0. The van der Waals surface area contributed by atoms with Gasteiger partial charge in [0.15, 0.2) is 45.0 Å². The van der Waals surface area contributed by atoms with Gasteiger partial charge in [-0.15, -0.1) is 0 Å². The molecule has 2 heterocycles. The first kappa shape index (κ1) is 18.9. The number of guanidine groups is 1. The smallest absolute Gasteiger partial charge is 0.302 e. The highest BCUT2D eigenvalue weighted by Gasteiger charge is 2.19. The number of carbonyl (C=O) groups is 2. The van der Waals surface area contributed by atoms with Crippen molar-refractivity contribution in [3.63, 3.8) is 0 Å². The molecule has 0 aliphatic heterocycles. The molecule has 0 bridgehead atoms. The van der Waals surface area contributed by atoms with Gasteiger partial charge in [0.25, 0.3) is 5.91 Å². The van der Waals surface area contributed by atoms with Crippen LogP contribution in [0.3, 0.4) is 0 Å². The molecule has 0 saturated carbocycles. The molecule has 0 atom stereocenters. The Balaban J connectivity index is 2.23. The maximum Gasteiger partial charge on any atom is 0.302 e. The van der Waals surface area contributed by atoms with E-state index in [0.717, 1.165) is 0 Å². The average molecular weight is 400 g/mol. The van der Waals surface area contributed by atoms with Crippen molar-refractivity contribution >= 4 is 64.2 Å². The van der Waals surface area contributed by atoms with Crippen LogP contribution in [-0.2, 0) is 0 Å². The van der Waals surface area contributed by atoms with Crippen LogP contribution in [0, 0.1) is 0 Å². The van der Waals surface area contributed by atoms with Crippen molar-refractivity contribution in [3.05, 3.63) is 21.7 Å². The van der Waals surface area contributed by atoms with Gasteiger partial charge < -0.3 is 28.7 Å². The molecule has 0 fully saturated rings. The van der Waals surface area contributed by atoms with Gasteiger partial charge in [0.2, 0.25) is 5.96 Å². The normalized spacial score (nSPS) is 11.2. The Kier molecular flexibility index (Phi) is 5.23. The summed E-state index contributed by atoms with van der Waals surface area (Å²) >= 11 is 11.3. The molecular weight excluding hydrogens is 389 g/mol. The van der Waals surface area contributed by atoms with Crippen LogP contribution in [0.5, 0.6) is 0 Å². The first-order chi connectivity index (χ1) is 12.1. The van der Waals surface area contributed by atoms with E-state index in [2.05, 4.69) is 30.2 Å². The van der Waals surface area contributed by atoms with Crippen LogP contribution in [0.4, 0.5) is 23.3 Å². The largest absolute Gasteiger partial charge is 0.382 e. The molecule has 2 aromatic heterocycles. The van der Waals surface area contributed by atoms with Crippen LogP contribution in [0.2, 0.25) is 10.3 Å². The average Bonchev–Trinajstić information content (AvgIpc) is 2.53. The minimum Gasteiger partial charge on any atom is -0.382 e. The Bertz CT molecular complexity index is 946. The van der Waals surface area contributed by atoms with E-state index in [1.165, 1.54) is 0 Å². The number of nitrogen functional groups attached to an aromatic ring is 4. The van der Waals surface area contributed by atoms with Gasteiger partial charge in [-0.05, 0) is 0 Å². The third kappa shape index (κ3) is 3.96. The summed E-state index contributed by atoms with van der Waals surface area (Å²) in [4.78, 5) is 42.1. The molecular formula is C11H11Cl2N11O2. The molecule has 26 heavy (non-hydrogen) atoms. The van der Waals surface area contributed by atoms with Gasteiger partial charge in [-0.2, -0.15) is 4.99 Å². The van der Waals surface area contributed by atoms with Crippen LogP contribution in [-0.4, -0.2) is 37.7 Å². The number of anilines is 4. The Labute approximate surface area is 155 Å². The molecule has 0 spiro atoms. The lowest BCUT2D eigenvalue weighted by molar-refractivity contribution is 0.0972. The quantitative estimate of drug-likeness (QED) is 0.258. The number of nitrogens with two attached hydrogens (primary N) is 5. The summed E-state index contributed by atoms with van der Waals surface area (Å²) in [5, 5.41) is 1.58. The number of nitrogens with one attached hydrogen (secondary N) is 1. The van der Waals surface area contributed by atoms with Gasteiger partial charge in [0, 0.05) is 0 Å². The van der Waals surface area contributed by atoms with Gasteiger partial charge in [-0.25, -0.2) is 19.9 Å². The predicted octanol–water partition coefficient (Wildman–Crippen LogP) is -1.21. The number of hydrogen-bond acceptors (Lipinski definition) is 10. The maximum absolute atomic E-state index is 12.1. The fourth-order valence-electron chi connectivity index (χ4n) is 1.57. The van der Waals surface area contributed by atoms with Crippen LogP contribution in [0.25, 0.3) is 0 Å². The zero-order valence-corrected chi connectivity index (χ0v) is 14.2. The maximum atomic E-state index is 12.1. The Hall–Kier alpha value is -3.45. The molecule has 11 N–H and O–H groups in total. The number of carbonyl (C=O) groups excluding carboxylic acids is 2. The van der Waals surface area contributed by atoms with Crippen molar-refractivity contribution in [1.29, 1.82) is 0 Å². The van der Waals surface area contributed by atoms with E-state index in [-0.39, 0.29) is 39.3 Å². The third-order valence-electron chi connectivity index (χ3n) is 2.69. The molecule has 2 amide bonds. The molecule has 2 aromatic rings. The lowest BCUT2D eigenvalue weighted by Crippen LogP contribution is -2.38. The number of hydrogen-bond donors (Lipinski definition) is 6. The number of aliphatic imine (C=N–C) groups is 1. The predicted molar refractivity (Wildman–Crippen MR) is 95.2 cm³/mol. The minimum atomic E-state index is -1.02. The van der Waals surface area contributed by atoms with E-state index in [1.54, 1.807) is 0 Å². The summed E-state index contributed by atoms with van der Waals surface area (Å²) in [6, 6.07) is 0. The molecule has 0 saturated heterocycles. The van der Waals surface area contributed by atoms with Crippen molar-refractivity contribution in [3.8, 4) is 0 Å². The van der Waals surface area contributed by atoms with E-state index < -0.39 is 23.5 Å². The zero-order chi connectivity index (χ0) is 19.6. The van der Waals surface area contributed by atoms with Crippen LogP contribution in [0.1, 0.15) is 21.0 Å². The standard InChI is InChI=1S/C11H11Cl2N11O2/c12-3-7(16)21-5(14)1(19-3)9(25)23-11(18)24-10(26)2-6(15)22-8(17)4(13)20-2/h(H4,14,16,21)(H4,15,17,22)(H3,18,23,24,25,26). The second-order valence-electron chi connectivity index (χ2n) is 4.52. The second kappa shape index (κ2) is 7.20. The van der Waals surface area contributed by atoms with Crippen LogP contribution in [0.15, 0.2) is 4.99 Å². The minimum absolute atomic E-state index is 0.160. The topological polar surface area (TPSA) is 240 Å². The van der Waals surface area contributed by atoms with Crippen LogP contribution < -0.4 is 34.0 Å². The van der Waals surface area contributed by atoms with Gasteiger partial charge in [0.05, 0.1) is 0 Å². The summed E-state index contributed by atoms with van der Waals surface area (Å²) in [7, 11) is 0. The number of halogens is 2. The highest BCUT2D eigenvalue weighted by Crippen LogP contribution is 2.18. The van der Waals surface area contributed by atoms with E-state index in [9.17, 15) is 9.59 Å². The Morgan fingerprint density at radius 1 is 0.808 bits per heavy atom. The Morgan fingerprint density at radius 2 is 1.27 bits per heavy atom. The van der Waals surface area contributed by atoms with Crippen molar-refractivity contribution in [2.45, 2.75) is 0 Å². The lowest BCUT2D eigenvalue weighted by Gasteiger charge is -2.07. The van der Waals surface area contributed by atoms with Gasteiger partial charge >= 0.3 is 5.91 Å². The first-order valence-electron chi connectivity index (χ1n) is 6.47.